The third kappa shape index (κ3) is 3.59. The van der Waals surface area contributed by atoms with E-state index in [2.05, 4.69) is 53.2 Å². The van der Waals surface area contributed by atoms with Gasteiger partial charge in [0.1, 0.15) is 0 Å². The summed E-state index contributed by atoms with van der Waals surface area (Å²) in [4.78, 5) is 6.60. The maximum absolute atomic E-state index is 4.19. The van der Waals surface area contributed by atoms with Crippen LogP contribution in [0.1, 0.15) is 25.3 Å². The summed E-state index contributed by atoms with van der Waals surface area (Å²) >= 11 is 0. The molecule has 0 unspecified atom stereocenters. The van der Waals surface area contributed by atoms with Gasteiger partial charge in [-0.05, 0) is 30.2 Å². The van der Waals surface area contributed by atoms with Crippen molar-refractivity contribution in [3.63, 3.8) is 0 Å². The molecule has 0 saturated heterocycles. The average Bonchev–Trinajstić information content (AvgIpc) is 2.45. The molecule has 0 aliphatic carbocycles. The maximum atomic E-state index is 4.19. The zero-order valence-electron chi connectivity index (χ0n) is 10.9. The van der Waals surface area contributed by atoms with Crippen LogP contribution < -0.4 is 4.90 Å². The monoisotopic (exact) mass is 240 g/mol. The van der Waals surface area contributed by atoms with Crippen molar-refractivity contribution in [1.82, 2.24) is 4.98 Å². The zero-order valence-corrected chi connectivity index (χ0v) is 10.9. The fourth-order valence-corrected chi connectivity index (χ4v) is 2.00. The van der Waals surface area contributed by atoms with Crippen LogP contribution in [-0.2, 0) is 6.54 Å². The minimum Gasteiger partial charge on any atom is -0.367 e. The Labute approximate surface area is 109 Å². The van der Waals surface area contributed by atoms with Crippen LogP contribution in [0.5, 0.6) is 0 Å². The van der Waals surface area contributed by atoms with Crippen LogP contribution in [0.4, 0.5) is 5.69 Å². The number of hydrogen-bond donors (Lipinski definition) is 0. The molecule has 1 aromatic carbocycles. The predicted molar refractivity (Wildman–Crippen MR) is 76.6 cm³/mol. The van der Waals surface area contributed by atoms with Crippen molar-refractivity contribution in [3.8, 4) is 0 Å². The second kappa shape index (κ2) is 6.80. The van der Waals surface area contributed by atoms with Crippen LogP contribution in [-0.4, -0.2) is 11.5 Å². The number of rotatable bonds is 6. The largest absolute Gasteiger partial charge is 0.367 e. The van der Waals surface area contributed by atoms with Crippen LogP contribution in [0.15, 0.2) is 54.9 Å². The van der Waals surface area contributed by atoms with Gasteiger partial charge in [0.05, 0.1) is 0 Å². The first-order valence-electron chi connectivity index (χ1n) is 6.59. The number of para-hydroxylation sites is 1. The molecule has 0 saturated carbocycles. The standard InChI is InChI=1S/C16H20N2/c1-2-3-12-18(16-9-5-4-6-10-16)14-15-8-7-11-17-13-15/h4-11,13H,2-3,12,14H2,1H3. The van der Waals surface area contributed by atoms with Crippen molar-refractivity contribution >= 4 is 5.69 Å². The van der Waals surface area contributed by atoms with Crippen molar-refractivity contribution in [2.24, 2.45) is 0 Å². The molecule has 0 amide bonds. The van der Waals surface area contributed by atoms with Gasteiger partial charge in [0, 0.05) is 31.2 Å². The molecule has 0 bridgehead atoms. The summed E-state index contributed by atoms with van der Waals surface area (Å²) in [7, 11) is 0. The molecule has 18 heavy (non-hydrogen) atoms. The Morgan fingerprint density at radius 3 is 2.56 bits per heavy atom. The highest BCUT2D eigenvalue weighted by Gasteiger charge is 2.06. The number of pyridine rings is 1. The number of nitrogens with zero attached hydrogens (tertiary/aromatic N) is 2. The molecule has 1 aromatic heterocycles. The minimum atomic E-state index is 0.928. The normalized spacial score (nSPS) is 10.3. The Morgan fingerprint density at radius 1 is 1.06 bits per heavy atom. The Morgan fingerprint density at radius 2 is 1.89 bits per heavy atom. The SMILES string of the molecule is CCCCN(Cc1cccnc1)c1ccccc1. The lowest BCUT2D eigenvalue weighted by molar-refractivity contribution is 0.715. The van der Waals surface area contributed by atoms with E-state index in [0.717, 1.165) is 13.1 Å². The average molecular weight is 240 g/mol. The summed E-state index contributed by atoms with van der Waals surface area (Å²) in [5, 5.41) is 0. The van der Waals surface area contributed by atoms with Gasteiger partial charge in [-0.15, -0.1) is 0 Å². The molecule has 1 heterocycles. The third-order valence-electron chi connectivity index (χ3n) is 3.00. The van der Waals surface area contributed by atoms with Crippen LogP contribution >= 0.6 is 0 Å². The van der Waals surface area contributed by atoms with Gasteiger partial charge in [-0.3, -0.25) is 4.98 Å². The molecule has 0 atom stereocenters. The smallest absolute Gasteiger partial charge is 0.0444 e. The van der Waals surface area contributed by atoms with Gasteiger partial charge >= 0.3 is 0 Å². The second-order valence-electron chi connectivity index (χ2n) is 4.47. The van der Waals surface area contributed by atoms with Gasteiger partial charge in [-0.2, -0.15) is 0 Å². The molecule has 2 nitrogen and oxygen atoms in total. The van der Waals surface area contributed by atoms with E-state index in [9.17, 15) is 0 Å². The minimum absolute atomic E-state index is 0.928. The van der Waals surface area contributed by atoms with Crippen LogP contribution in [0.3, 0.4) is 0 Å². The lowest BCUT2D eigenvalue weighted by atomic mass is 10.2. The van der Waals surface area contributed by atoms with Crippen molar-refractivity contribution in [2.75, 3.05) is 11.4 Å². The topological polar surface area (TPSA) is 16.1 Å². The highest BCUT2D eigenvalue weighted by molar-refractivity contribution is 5.46. The summed E-state index contributed by atoms with van der Waals surface area (Å²) in [5.41, 5.74) is 2.55. The lowest BCUT2D eigenvalue weighted by Crippen LogP contribution is -2.23. The Hall–Kier alpha value is -1.83. The van der Waals surface area contributed by atoms with Crippen molar-refractivity contribution < 1.29 is 0 Å². The predicted octanol–water partition coefficient (Wildman–Crippen LogP) is 3.89. The Balaban J connectivity index is 2.10. The van der Waals surface area contributed by atoms with E-state index in [-0.39, 0.29) is 0 Å². The Kier molecular flexibility index (Phi) is 4.77. The van der Waals surface area contributed by atoms with E-state index >= 15 is 0 Å². The molecule has 94 valence electrons. The first-order chi connectivity index (χ1) is 8.90. The maximum Gasteiger partial charge on any atom is 0.0444 e. The number of aromatic nitrogens is 1. The molecular weight excluding hydrogens is 220 g/mol. The fourth-order valence-electron chi connectivity index (χ4n) is 2.00. The number of benzene rings is 1. The van der Waals surface area contributed by atoms with Gasteiger partial charge in [-0.1, -0.05) is 37.6 Å². The summed E-state index contributed by atoms with van der Waals surface area (Å²) in [6.45, 7) is 4.25. The van der Waals surface area contributed by atoms with Crippen molar-refractivity contribution in [3.05, 3.63) is 60.4 Å². The van der Waals surface area contributed by atoms with E-state index in [1.54, 1.807) is 0 Å². The quantitative estimate of drug-likeness (QED) is 0.761. The van der Waals surface area contributed by atoms with E-state index in [1.807, 2.05) is 18.5 Å². The molecule has 0 aliphatic rings. The highest BCUT2D eigenvalue weighted by Crippen LogP contribution is 2.17. The van der Waals surface area contributed by atoms with Crippen molar-refractivity contribution in [1.29, 1.82) is 0 Å². The first kappa shape index (κ1) is 12.6. The molecule has 0 aliphatic heterocycles. The number of hydrogen-bond acceptors (Lipinski definition) is 2. The number of anilines is 1. The molecule has 2 aromatic rings. The molecular formula is C16H20N2. The highest BCUT2D eigenvalue weighted by atomic mass is 15.1. The van der Waals surface area contributed by atoms with Crippen LogP contribution in [0, 0.1) is 0 Å². The Bertz CT molecular complexity index is 439. The summed E-state index contributed by atoms with van der Waals surface area (Å²) in [5.74, 6) is 0. The van der Waals surface area contributed by atoms with E-state index in [1.165, 1.54) is 24.1 Å². The molecule has 0 N–H and O–H groups in total. The first-order valence-corrected chi connectivity index (χ1v) is 6.59. The van der Waals surface area contributed by atoms with Gasteiger partial charge in [0.25, 0.3) is 0 Å². The summed E-state index contributed by atoms with van der Waals surface area (Å²) in [6, 6.07) is 14.7. The van der Waals surface area contributed by atoms with Crippen LogP contribution in [0.25, 0.3) is 0 Å². The molecule has 0 spiro atoms. The van der Waals surface area contributed by atoms with Gasteiger partial charge in [-0.25, -0.2) is 0 Å². The van der Waals surface area contributed by atoms with E-state index in [4.69, 9.17) is 0 Å². The molecule has 0 radical (unpaired) electrons. The molecule has 0 fully saturated rings. The van der Waals surface area contributed by atoms with Gasteiger partial charge in [0.2, 0.25) is 0 Å². The van der Waals surface area contributed by atoms with E-state index in [0.29, 0.717) is 0 Å². The van der Waals surface area contributed by atoms with E-state index < -0.39 is 0 Å². The lowest BCUT2D eigenvalue weighted by Gasteiger charge is -2.24. The number of unbranched alkanes of at least 4 members (excludes halogenated alkanes) is 1. The van der Waals surface area contributed by atoms with Gasteiger partial charge in [0.15, 0.2) is 0 Å². The summed E-state index contributed by atoms with van der Waals surface area (Å²) < 4.78 is 0. The third-order valence-corrected chi connectivity index (χ3v) is 3.00. The second-order valence-corrected chi connectivity index (χ2v) is 4.47. The molecule has 2 heteroatoms. The fraction of sp³-hybridized carbons (Fsp3) is 0.312. The molecule has 2 rings (SSSR count). The van der Waals surface area contributed by atoms with Crippen molar-refractivity contribution in [2.45, 2.75) is 26.3 Å². The zero-order chi connectivity index (χ0) is 12.6. The van der Waals surface area contributed by atoms with Gasteiger partial charge < -0.3 is 4.90 Å². The van der Waals surface area contributed by atoms with Crippen LogP contribution in [0.2, 0.25) is 0 Å². The summed E-state index contributed by atoms with van der Waals surface area (Å²) in [6.07, 6.45) is 6.20.